The quantitative estimate of drug-likeness (QED) is 0.677. The van der Waals surface area contributed by atoms with E-state index < -0.39 is 0 Å². The summed E-state index contributed by atoms with van der Waals surface area (Å²) in [5.41, 5.74) is 2.66. The van der Waals surface area contributed by atoms with E-state index in [1.165, 1.54) is 11.3 Å². The fourth-order valence-electron chi connectivity index (χ4n) is 1.71. The van der Waals surface area contributed by atoms with Crippen LogP contribution in [-0.4, -0.2) is 14.1 Å². The Balaban J connectivity index is 2.60. The molecule has 0 saturated carbocycles. The van der Waals surface area contributed by atoms with Crippen LogP contribution in [0.3, 0.4) is 0 Å². The van der Waals surface area contributed by atoms with Crippen LogP contribution in [0.25, 0.3) is 0 Å². The predicted octanol–water partition coefficient (Wildman–Crippen LogP) is 4.38. The van der Waals surface area contributed by atoms with Crippen molar-refractivity contribution in [1.82, 2.24) is 0 Å². The number of hydrogen-bond acceptors (Lipinski definition) is 1. The van der Waals surface area contributed by atoms with E-state index in [2.05, 4.69) is 68.4 Å². The van der Waals surface area contributed by atoms with Gasteiger partial charge >= 0.3 is 0 Å². The molecular formula is C16H23N. The Kier molecular flexibility index (Phi) is 5.55. The standard InChI is InChI=1S/C16H23N/c1-5-6-7-8-9-14(2)15-10-12-16(13-11-15)17(3)4/h5-8,10-14H,9H2,1-4H3/t14-/m1/s1. The summed E-state index contributed by atoms with van der Waals surface area (Å²) in [5.74, 6) is 0.577. The number of benzene rings is 1. The minimum absolute atomic E-state index is 0.577. The minimum Gasteiger partial charge on any atom is -0.378 e. The van der Waals surface area contributed by atoms with Crippen molar-refractivity contribution in [3.05, 3.63) is 54.1 Å². The molecule has 0 saturated heterocycles. The lowest BCUT2D eigenvalue weighted by Gasteiger charge is -2.14. The third kappa shape index (κ3) is 4.48. The van der Waals surface area contributed by atoms with Gasteiger partial charge in [-0.2, -0.15) is 0 Å². The summed E-state index contributed by atoms with van der Waals surface area (Å²) in [7, 11) is 4.14. The summed E-state index contributed by atoms with van der Waals surface area (Å²) < 4.78 is 0. The first-order valence-corrected chi connectivity index (χ1v) is 6.20. The van der Waals surface area contributed by atoms with Crippen molar-refractivity contribution in [1.29, 1.82) is 0 Å². The molecule has 1 aromatic carbocycles. The zero-order chi connectivity index (χ0) is 12.7. The van der Waals surface area contributed by atoms with Crippen LogP contribution < -0.4 is 4.90 Å². The highest BCUT2D eigenvalue weighted by Gasteiger charge is 2.03. The summed E-state index contributed by atoms with van der Waals surface area (Å²) in [6.07, 6.45) is 9.55. The minimum atomic E-state index is 0.577. The molecule has 17 heavy (non-hydrogen) atoms. The summed E-state index contributed by atoms with van der Waals surface area (Å²) in [4.78, 5) is 2.13. The number of nitrogens with zero attached hydrogens (tertiary/aromatic N) is 1. The maximum Gasteiger partial charge on any atom is 0.0361 e. The molecule has 1 aromatic rings. The fraction of sp³-hybridized carbons (Fsp3) is 0.375. The summed E-state index contributed by atoms with van der Waals surface area (Å²) in [5, 5.41) is 0. The van der Waals surface area contributed by atoms with Gasteiger partial charge in [-0.05, 0) is 37.0 Å². The van der Waals surface area contributed by atoms with Gasteiger partial charge in [0.05, 0.1) is 0 Å². The van der Waals surface area contributed by atoms with Gasteiger partial charge in [0, 0.05) is 19.8 Å². The summed E-state index contributed by atoms with van der Waals surface area (Å²) in [6.45, 7) is 4.30. The SMILES string of the molecule is CC=CC=CC[C@@H](C)c1ccc(N(C)C)cc1. The van der Waals surface area contributed by atoms with Gasteiger partial charge in [0.2, 0.25) is 0 Å². The number of anilines is 1. The monoisotopic (exact) mass is 229 g/mol. The van der Waals surface area contributed by atoms with Crippen LogP contribution in [0, 0.1) is 0 Å². The van der Waals surface area contributed by atoms with Gasteiger partial charge in [-0.25, -0.2) is 0 Å². The fourth-order valence-corrected chi connectivity index (χ4v) is 1.71. The molecule has 0 spiro atoms. The third-order valence-electron chi connectivity index (χ3n) is 2.91. The van der Waals surface area contributed by atoms with Crippen LogP contribution in [0.15, 0.2) is 48.6 Å². The second-order valence-corrected chi connectivity index (χ2v) is 4.58. The summed E-state index contributed by atoms with van der Waals surface area (Å²) >= 11 is 0. The first-order valence-electron chi connectivity index (χ1n) is 6.20. The van der Waals surface area contributed by atoms with Gasteiger partial charge in [-0.15, -0.1) is 0 Å². The second kappa shape index (κ2) is 6.95. The van der Waals surface area contributed by atoms with Gasteiger partial charge in [0.25, 0.3) is 0 Å². The van der Waals surface area contributed by atoms with Crippen LogP contribution in [0.4, 0.5) is 5.69 Å². The number of hydrogen-bond donors (Lipinski definition) is 0. The van der Waals surface area contributed by atoms with Crippen molar-refractivity contribution < 1.29 is 0 Å². The van der Waals surface area contributed by atoms with Crippen LogP contribution >= 0.6 is 0 Å². The average molecular weight is 229 g/mol. The number of allylic oxidation sites excluding steroid dienone is 4. The molecule has 1 nitrogen and oxygen atoms in total. The van der Waals surface area contributed by atoms with Crippen molar-refractivity contribution in [3.63, 3.8) is 0 Å². The maximum atomic E-state index is 2.27. The van der Waals surface area contributed by atoms with Crippen LogP contribution in [-0.2, 0) is 0 Å². The zero-order valence-corrected chi connectivity index (χ0v) is 11.4. The van der Waals surface area contributed by atoms with E-state index in [0.717, 1.165) is 6.42 Å². The Morgan fingerprint density at radius 1 is 1.12 bits per heavy atom. The van der Waals surface area contributed by atoms with Crippen molar-refractivity contribution in [2.75, 3.05) is 19.0 Å². The molecule has 0 bridgehead atoms. The van der Waals surface area contributed by atoms with E-state index in [0.29, 0.717) is 5.92 Å². The Morgan fingerprint density at radius 3 is 2.29 bits per heavy atom. The van der Waals surface area contributed by atoms with Gasteiger partial charge in [0.15, 0.2) is 0 Å². The Labute approximate surface area is 105 Å². The molecule has 0 heterocycles. The average Bonchev–Trinajstić information content (AvgIpc) is 2.34. The molecule has 92 valence electrons. The van der Waals surface area contributed by atoms with Gasteiger partial charge < -0.3 is 4.90 Å². The molecule has 0 aliphatic carbocycles. The highest BCUT2D eigenvalue weighted by molar-refractivity contribution is 5.46. The molecule has 0 aromatic heterocycles. The molecule has 0 aliphatic rings. The molecule has 0 aliphatic heterocycles. The van der Waals surface area contributed by atoms with Crippen LogP contribution in [0.1, 0.15) is 31.7 Å². The molecule has 0 radical (unpaired) electrons. The van der Waals surface area contributed by atoms with Gasteiger partial charge in [-0.3, -0.25) is 0 Å². The van der Waals surface area contributed by atoms with E-state index in [1.54, 1.807) is 0 Å². The zero-order valence-electron chi connectivity index (χ0n) is 11.4. The molecule has 1 atom stereocenters. The van der Waals surface area contributed by atoms with E-state index in [-0.39, 0.29) is 0 Å². The third-order valence-corrected chi connectivity index (χ3v) is 2.91. The Bertz CT molecular complexity index is 371. The lowest BCUT2D eigenvalue weighted by molar-refractivity contribution is 0.780. The highest BCUT2D eigenvalue weighted by Crippen LogP contribution is 2.22. The van der Waals surface area contributed by atoms with Gasteiger partial charge in [0.1, 0.15) is 0 Å². The number of rotatable bonds is 5. The van der Waals surface area contributed by atoms with Gasteiger partial charge in [-0.1, -0.05) is 43.4 Å². The maximum absolute atomic E-state index is 2.27. The van der Waals surface area contributed by atoms with Crippen molar-refractivity contribution >= 4 is 5.69 Å². The highest BCUT2D eigenvalue weighted by atomic mass is 15.1. The van der Waals surface area contributed by atoms with Crippen molar-refractivity contribution in [3.8, 4) is 0 Å². The molecular weight excluding hydrogens is 206 g/mol. The van der Waals surface area contributed by atoms with E-state index in [1.807, 2.05) is 13.0 Å². The first-order chi connectivity index (χ1) is 8.15. The normalized spacial score (nSPS) is 13.4. The van der Waals surface area contributed by atoms with Crippen LogP contribution in [0.2, 0.25) is 0 Å². The van der Waals surface area contributed by atoms with Crippen molar-refractivity contribution in [2.24, 2.45) is 0 Å². The molecule has 0 unspecified atom stereocenters. The van der Waals surface area contributed by atoms with E-state index in [9.17, 15) is 0 Å². The smallest absolute Gasteiger partial charge is 0.0361 e. The molecule has 1 rings (SSSR count). The second-order valence-electron chi connectivity index (χ2n) is 4.58. The molecule has 0 fully saturated rings. The van der Waals surface area contributed by atoms with Crippen molar-refractivity contribution in [2.45, 2.75) is 26.2 Å². The van der Waals surface area contributed by atoms with E-state index in [4.69, 9.17) is 0 Å². The molecule has 1 heteroatoms. The lowest BCUT2D eigenvalue weighted by Crippen LogP contribution is -2.08. The first kappa shape index (κ1) is 13.6. The molecule has 0 amide bonds. The topological polar surface area (TPSA) is 3.24 Å². The largest absolute Gasteiger partial charge is 0.378 e. The lowest BCUT2D eigenvalue weighted by atomic mass is 9.97. The Morgan fingerprint density at radius 2 is 1.76 bits per heavy atom. The molecule has 0 N–H and O–H groups in total. The van der Waals surface area contributed by atoms with Crippen LogP contribution in [0.5, 0.6) is 0 Å². The van der Waals surface area contributed by atoms with E-state index >= 15 is 0 Å². The predicted molar refractivity (Wildman–Crippen MR) is 77.8 cm³/mol. The summed E-state index contributed by atoms with van der Waals surface area (Å²) in [6, 6.07) is 8.82. The Hall–Kier alpha value is -1.50.